The van der Waals surface area contributed by atoms with Gasteiger partial charge in [0.05, 0.1) is 0 Å². The molecule has 2 N–H and O–H groups in total. The Morgan fingerprint density at radius 1 is 1.53 bits per heavy atom. The van der Waals surface area contributed by atoms with E-state index in [9.17, 15) is 4.79 Å². The number of hydrogen-bond acceptors (Lipinski definition) is 4. The lowest BCUT2D eigenvalue weighted by atomic mass is 10.1. The SMILES string of the molecule is CC(C)c1cc(NCC2CCC(=O)N2)ncn1. The first-order valence-corrected chi connectivity index (χ1v) is 6.00. The molecule has 2 heterocycles. The fourth-order valence-electron chi connectivity index (χ4n) is 1.84. The van der Waals surface area contributed by atoms with Gasteiger partial charge in [-0.2, -0.15) is 0 Å². The molecule has 0 aromatic carbocycles. The van der Waals surface area contributed by atoms with Crippen LogP contribution in [-0.4, -0.2) is 28.5 Å². The van der Waals surface area contributed by atoms with E-state index in [2.05, 4.69) is 34.4 Å². The van der Waals surface area contributed by atoms with E-state index in [1.165, 1.54) is 0 Å². The van der Waals surface area contributed by atoms with Crippen LogP contribution in [0.2, 0.25) is 0 Å². The number of rotatable bonds is 4. The predicted octanol–water partition coefficient (Wildman–Crippen LogP) is 1.29. The number of carbonyl (C=O) groups is 1. The van der Waals surface area contributed by atoms with Gasteiger partial charge in [-0.15, -0.1) is 0 Å². The van der Waals surface area contributed by atoms with Gasteiger partial charge in [-0.05, 0) is 12.3 Å². The van der Waals surface area contributed by atoms with Gasteiger partial charge in [-0.1, -0.05) is 13.8 Å². The summed E-state index contributed by atoms with van der Waals surface area (Å²) in [7, 11) is 0. The van der Waals surface area contributed by atoms with Crippen molar-refractivity contribution in [3.8, 4) is 0 Å². The molecule has 1 aromatic heterocycles. The quantitative estimate of drug-likeness (QED) is 0.823. The lowest BCUT2D eigenvalue weighted by Crippen LogP contribution is -2.32. The van der Waals surface area contributed by atoms with Crippen molar-refractivity contribution in [1.29, 1.82) is 0 Å². The molecule has 5 nitrogen and oxygen atoms in total. The highest BCUT2D eigenvalue weighted by Crippen LogP contribution is 2.14. The summed E-state index contributed by atoms with van der Waals surface area (Å²) in [6.45, 7) is 4.92. The zero-order chi connectivity index (χ0) is 12.3. The van der Waals surface area contributed by atoms with Crippen LogP contribution in [0.3, 0.4) is 0 Å². The van der Waals surface area contributed by atoms with Crippen LogP contribution < -0.4 is 10.6 Å². The second-order valence-electron chi connectivity index (χ2n) is 4.67. The molecule has 1 aliphatic rings. The van der Waals surface area contributed by atoms with Crippen LogP contribution in [0.15, 0.2) is 12.4 Å². The van der Waals surface area contributed by atoms with E-state index in [4.69, 9.17) is 0 Å². The molecule has 2 rings (SSSR count). The molecule has 92 valence electrons. The molecule has 0 spiro atoms. The highest BCUT2D eigenvalue weighted by Gasteiger charge is 2.20. The zero-order valence-electron chi connectivity index (χ0n) is 10.2. The highest BCUT2D eigenvalue weighted by molar-refractivity contribution is 5.78. The molecule has 5 heteroatoms. The molecule has 1 aromatic rings. The Balaban J connectivity index is 1.90. The standard InChI is InChI=1S/C12H18N4O/c1-8(2)10-5-11(15-7-14-10)13-6-9-3-4-12(17)16-9/h5,7-9H,3-4,6H2,1-2H3,(H,16,17)(H,13,14,15). The van der Waals surface area contributed by atoms with Gasteiger partial charge in [0.25, 0.3) is 0 Å². The zero-order valence-corrected chi connectivity index (χ0v) is 10.2. The van der Waals surface area contributed by atoms with Gasteiger partial charge >= 0.3 is 0 Å². The van der Waals surface area contributed by atoms with Gasteiger partial charge < -0.3 is 10.6 Å². The third kappa shape index (κ3) is 3.15. The van der Waals surface area contributed by atoms with Crippen LogP contribution in [0.1, 0.15) is 38.3 Å². The van der Waals surface area contributed by atoms with Gasteiger partial charge in [0, 0.05) is 30.8 Å². The number of amides is 1. The number of aromatic nitrogens is 2. The maximum absolute atomic E-state index is 11.0. The lowest BCUT2D eigenvalue weighted by Gasteiger charge is -2.12. The lowest BCUT2D eigenvalue weighted by molar-refractivity contribution is -0.119. The minimum Gasteiger partial charge on any atom is -0.368 e. The molecular weight excluding hydrogens is 216 g/mol. The molecule has 1 amide bonds. The summed E-state index contributed by atoms with van der Waals surface area (Å²) < 4.78 is 0. The molecule has 0 radical (unpaired) electrons. The monoisotopic (exact) mass is 234 g/mol. The van der Waals surface area contributed by atoms with Crippen LogP contribution in [0.4, 0.5) is 5.82 Å². The Kier molecular flexibility index (Phi) is 3.56. The second kappa shape index (κ2) is 5.12. The second-order valence-corrected chi connectivity index (χ2v) is 4.67. The Morgan fingerprint density at radius 3 is 3.00 bits per heavy atom. The van der Waals surface area contributed by atoms with Gasteiger partial charge in [0.2, 0.25) is 5.91 Å². The Morgan fingerprint density at radius 2 is 2.35 bits per heavy atom. The average Bonchev–Trinajstić information content (AvgIpc) is 2.73. The van der Waals surface area contributed by atoms with E-state index in [1.54, 1.807) is 6.33 Å². The molecule has 0 bridgehead atoms. The van der Waals surface area contributed by atoms with Crippen molar-refractivity contribution in [3.05, 3.63) is 18.1 Å². The van der Waals surface area contributed by atoms with E-state index in [-0.39, 0.29) is 11.9 Å². The van der Waals surface area contributed by atoms with Crippen LogP contribution in [-0.2, 0) is 4.79 Å². The largest absolute Gasteiger partial charge is 0.368 e. The third-order valence-corrected chi connectivity index (χ3v) is 2.89. The first-order chi connectivity index (χ1) is 8.15. The number of nitrogens with zero attached hydrogens (tertiary/aromatic N) is 2. The first kappa shape index (κ1) is 11.8. The van der Waals surface area contributed by atoms with E-state index < -0.39 is 0 Å². The Labute approximate surface area is 101 Å². The van der Waals surface area contributed by atoms with Gasteiger partial charge in [-0.25, -0.2) is 9.97 Å². The van der Waals surface area contributed by atoms with Gasteiger partial charge in [-0.3, -0.25) is 4.79 Å². The fraction of sp³-hybridized carbons (Fsp3) is 0.583. The molecule has 1 aliphatic heterocycles. The normalized spacial score (nSPS) is 19.5. The molecule has 0 aliphatic carbocycles. The molecule has 17 heavy (non-hydrogen) atoms. The summed E-state index contributed by atoms with van der Waals surface area (Å²) in [6, 6.07) is 2.18. The number of hydrogen-bond donors (Lipinski definition) is 2. The maximum Gasteiger partial charge on any atom is 0.220 e. The van der Waals surface area contributed by atoms with Crippen LogP contribution in [0.25, 0.3) is 0 Å². The topological polar surface area (TPSA) is 66.9 Å². The van der Waals surface area contributed by atoms with E-state index >= 15 is 0 Å². The molecule has 1 unspecified atom stereocenters. The van der Waals surface area contributed by atoms with Crippen molar-refractivity contribution in [1.82, 2.24) is 15.3 Å². The van der Waals surface area contributed by atoms with Crippen molar-refractivity contribution in [2.45, 2.75) is 38.6 Å². The molecule has 1 saturated heterocycles. The predicted molar refractivity (Wildman–Crippen MR) is 65.8 cm³/mol. The summed E-state index contributed by atoms with van der Waals surface area (Å²) in [4.78, 5) is 19.4. The van der Waals surface area contributed by atoms with Crippen molar-refractivity contribution >= 4 is 11.7 Å². The van der Waals surface area contributed by atoms with E-state index in [0.29, 0.717) is 12.3 Å². The molecular formula is C12H18N4O. The molecule has 1 atom stereocenters. The van der Waals surface area contributed by atoms with Crippen molar-refractivity contribution in [3.63, 3.8) is 0 Å². The smallest absolute Gasteiger partial charge is 0.220 e. The van der Waals surface area contributed by atoms with Crippen molar-refractivity contribution < 1.29 is 4.79 Å². The number of anilines is 1. The van der Waals surface area contributed by atoms with Crippen LogP contribution in [0, 0.1) is 0 Å². The molecule has 1 fully saturated rings. The maximum atomic E-state index is 11.0. The Bertz CT molecular complexity index is 405. The fourth-order valence-corrected chi connectivity index (χ4v) is 1.84. The van der Waals surface area contributed by atoms with Crippen LogP contribution in [0.5, 0.6) is 0 Å². The minimum atomic E-state index is 0.141. The van der Waals surface area contributed by atoms with Crippen molar-refractivity contribution in [2.75, 3.05) is 11.9 Å². The van der Waals surface area contributed by atoms with Crippen molar-refractivity contribution in [2.24, 2.45) is 0 Å². The molecule has 0 saturated carbocycles. The highest BCUT2D eigenvalue weighted by atomic mass is 16.1. The van der Waals surface area contributed by atoms with Crippen LogP contribution >= 0.6 is 0 Å². The summed E-state index contributed by atoms with van der Waals surface area (Å²) in [5, 5.41) is 6.15. The minimum absolute atomic E-state index is 0.141. The van der Waals surface area contributed by atoms with E-state index in [1.807, 2.05) is 6.07 Å². The first-order valence-electron chi connectivity index (χ1n) is 6.00. The Hall–Kier alpha value is -1.65. The summed E-state index contributed by atoms with van der Waals surface area (Å²) >= 11 is 0. The van der Waals surface area contributed by atoms with E-state index in [0.717, 1.165) is 24.5 Å². The summed E-state index contributed by atoms with van der Waals surface area (Å²) in [6.07, 6.45) is 3.10. The number of carbonyl (C=O) groups excluding carboxylic acids is 1. The van der Waals surface area contributed by atoms with Gasteiger partial charge in [0.15, 0.2) is 0 Å². The summed E-state index contributed by atoms with van der Waals surface area (Å²) in [5.41, 5.74) is 1.03. The summed E-state index contributed by atoms with van der Waals surface area (Å²) in [5.74, 6) is 1.36. The third-order valence-electron chi connectivity index (χ3n) is 2.89. The number of nitrogens with one attached hydrogen (secondary N) is 2. The van der Waals surface area contributed by atoms with Gasteiger partial charge in [0.1, 0.15) is 12.1 Å². The average molecular weight is 234 g/mol.